The zero-order valence-electron chi connectivity index (χ0n) is 21.9. The number of carbonyl (C=O) groups is 2. The van der Waals surface area contributed by atoms with Gasteiger partial charge in [-0.05, 0) is 55.6 Å². The van der Waals surface area contributed by atoms with Crippen LogP contribution in [0.3, 0.4) is 0 Å². The first kappa shape index (κ1) is 26.2. The van der Waals surface area contributed by atoms with E-state index in [0.717, 1.165) is 49.9 Å². The van der Waals surface area contributed by atoms with Crippen LogP contribution in [0, 0.1) is 5.92 Å². The number of nitrogens with zero attached hydrogens (tertiary/aromatic N) is 1. The van der Waals surface area contributed by atoms with Crippen LogP contribution in [0.2, 0.25) is 0 Å². The summed E-state index contributed by atoms with van der Waals surface area (Å²) in [5.41, 5.74) is 4.40. The molecular weight excluding hydrogens is 436 g/mol. The standard InChI is InChI=1S/C30H46N2O3/c1-22(33)35-27-20-19-25-28(23-15-11-7-5-6-8-12-16-23)26(21-31-29(25)27)32-30(34)24-17-13-9-3-2-4-10-14-18-24/h21,23-24,27H,2-20H2,1H3,(H,32,34). The van der Waals surface area contributed by atoms with Gasteiger partial charge in [-0.3, -0.25) is 14.6 Å². The van der Waals surface area contributed by atoms with Gasteiger partial charge in [0.2, 0.25) is 5.91 Å². The van der Waals surface area contributed by atoms with Crippen molar-refractivity contribution in [2.24, 2.45) is 5.92 Å². The first-order valence-electron chi connectivity index (χ1n) is 14.6. The van der Waals surface area contributed by atoms with Crippen LogP contribution in [-0.4, -0.2) is 16.9 Å². The lowest BCUT2D eigenvalue weighted by Crippen LogP contribution is -2.25. The Morgan fingerprint density at radius 2 is 1.34 bits per heavy atom. The van der Waals surface area contributed by atoms with Crippen molar-refractivity contribution >= 4 is 17.6 Å². The smallest absolute Gasteiger partial charge is 0.303 e. The lowest BCUT2D eigenvalue weighted by atomic mass is 9.85. The van der Waals surface area contributed by atoms with E-state index in [9.17, 15) is 9.59 Å². The molecule has 1 N–H and O–H groups in total. The largest absolute Gasteiger partial charge is 0.456 e. The molecule has 0 saturated heterocycles. The number of hydrogen-bond acceptors (Lipinski definition) is 4. The fraction of sp³-hybridized carbons (Fsp3) is 0.767. The van der Waals surface area contributed by atoms with Gasteiger partial charge in [-0.2, -0.15) is 0 Å². The van der Waals surface area contributed by atoms with E-state index in [0.29, 0.717) is 5.92 Å². The summed E-state index contributed by atoms with van der Waals surface area (Å²) in [5.74, 6) is 0.483. The lowest BCUT2D eigenvalue weighted by molar-refractivity contribution is -0.146. The molecule has 1 atom stereocenters. The number of nitrogens with one attached hydrogen (secondary N) is 1. The number of amides is 1. The fourth-order valence-electron chi connectivity index (χ4n) is 6.64. The third-order valence-corrected chi connectivity index (χ3v) is 8.52. The third kappa shape index (κ3) is 7.30. The molecule has 5 nitrogen and oxygen atoms in total. The van der Waals surface area contributed by atoms with E-state index in [1.807, 2.05) is 6.20 Å². The van der Waals surface area contributed by atoms with Gasteiger partial charge in [-0.25, -0.2) is 0 Å². The van der Waals surface area contributed by atoms with Crippen LogP contribution in [0.1, 0.15) is 151 Å². The number of fused-ring (bicyclic) bond motifs is 1. The van der Waals surface area contributed by atoms with Crippen molar-refractivity contribution < 1.29 is 14.3 Å². The van der Waals surface area contributed by atoms with Crippen molar-refractivity contribution in [3.63, 3.8) is 0 Å². The minimum Gasteiger partial charge on any atom is -0.456 e. The Morgan fingerprint density at radius 1 is 0.800 bits per heavy atom. The number of anilines is 1. The molecule has 0 spiro atoms. The highest BCUT2D eigenvalue weighted by molar-refractivity contribution is 5.93. The van der Waals surface area contributed by atoms with Gasteiger partial charge >= 0.3 is 5.97 Å². The highest BCUT2D eigenvalue weighted by Crippen LogP contribution is 2.44. The van der Waals surface area contributed by atoms with Crippen molar-refractivity contribution in [3.05, 3.63) is 23.0 Å². The zero-order chi connectivity index (χ0) is 24.5. The lowest BCUT2D eigenvalue weighted by Gasteiger charge is -2.25. The van der Waals surface area contributed by atoms with Crippen LogP contribution in [0.25, 0.3) is 0 Å². The molecule has 0 aliphatic heterocycles. The molecule has 0 aromatic carbocycles. The molecule has 1 heterocycles. The van der Waals surface area contributed by atoms with Crippen molar-refractivity contribution in [1.29, 1.82) is 0 Å². The average molecular weight is 483 g/mol. The summed E-state index contributed by atoms with van der Waals surface area (Å²) < 4.78 is 5.62. The summed E-state index contributed by atoms with van der Waals surface area (Å²) in [6.45, 7) is 1.48. The van der Waals surface area contributed by atoms with Gasteiger partial charge in [0.15, 0.2) is 0 Å². The third-order valence-electron chi connectivity index (χ3n) is 8.52. The molecule has 2 saturated carbocycles. The first-order chi connectivity index (χ1) is 17.1. The van der Waals surface area contributed by atoms with Crippen LogP contribution >= 0.6 is 0 Å². The molecule has 194 valence electrons. The Morgan fingerprint density at radius 3 is 1.91 bits per heavy atom. The quantitative estimate of drug-likeness (QED) is 0.442. The molecule has 0 radical (unpaired) electrons. The van der Waals surface area contributed by atoms with Gasteiger partial charge in [0.1, 0.15) is 6.10 Å². The molecule has 35 heavy (non-hydrogen) atoms. The Hall–Kier alpha value is -1.91. The highest BCUT2D eigenvalue weighted by Gasteiger charge is 2.33. The number of carbonyl (C=O) groups excluding carboxylic acids is 2. The highest BCUT2D eigenvalue weighted by atomic mass is 16.5. The number of rotatable bonds is 4. The van der Waals surface area contributed by atoms with E-state index >= 15 is 0 Å². The van der Waals surface area contributed by atoms with Crippen LogP contribution < -0.4 is 5.32 Å². The van der Waals surface area contributed by atoms with Crippen molar-refractivity contribution in [2.75, 3.05) is 5.32 Å². The van der Waals surface area contributed by atoms with Gasteiger partial charge in [0.05, 0.1) is 17.6 Å². The molecule has 4 rings (SSSR count). The van der Waals surface area contributed by atoms with Gasteiger partial charge in [-0.15, -0.1) is 0 Å². The molecule has 3 aliphatic carbocycles. The zero-order valence-corrected chi connectivity index (χ0v) is 21.9. The van der Waals surface area contributed by atoms with E-state index in [4.69, 9.17) is 9.72 Å². The second kappa shape index (κ2) is 13.4. The number of aromatic nitrogens is 1. The van der Waals surface area contributed by atoms with E-state index in [-0.39, 0.29) is 23.9 Å². The number of ether oxygens (including phenoxy) is 1. The van der Waals surface area contributed by atoms with Gasteiger partial charge in [0.25, 0.3) is 0 Å². The minimum absolute atomic E-state index is 0.100. The predicted octanol–water partition coefficient (Wildman–Crippen LogP) is 7.93. The SMILES string of the molecule is CC(=O)OC1CCc2c1ncc(NC(=O)C1CCCCCCCCC1)c2C1CCCCCCCC1. The second-order valence-electron chi connectivity index (χ2n) is 11.2. The summed E-state index contributed by atoms with van der Waals surface area (Å²) in [6.07, 6.45) is 24.1. The molecule has 1 aromatic heterocycles. The molecule has 3 aliphatic rings. The Labute approximate surface area is 212 Å². The van der Waals surface area contributed by atoms with E-state index in [1.165, 1.54) is 102 Å². The fourth-order valence-corrected chi connectivity index (χ4v) is 6.64. The van der Waals surface area contributed by atoms with Crippen molar-refractivity contribution in [1.82, 2.24) is 4.98 Å². The molecular formula is C30H46N2O3. The van der Waals surface area contributed by atoms with E-state index in [2.05, 4.69) is 5.32 Å². The predicted molar refractivity (Wildman–Crippen MR) is 140 cm³/mol. The average Bonchev–Trinajstić information content (AvgIpc) is 3.30. The van der Waals surface area contributed by atoms with Crippen LogP contribution in [0.4, 0.5) is 5.69 Å². The van der Waals surface area contributed by atoms with Gasteiger partial charge < -0.3 is 10.1 Å². The topological polar surface area (TPSA) is 68.3 Å². The Bertz CT molecular complexity index is 832. The minimum atomic E-state index is -0.249. The maximum atomic E-state index is 13.5. The molecule has 1 aromatic rings. The molecule has 5 heteroatoms. The second-order valence-corrected chi connectivity index (χ2v) is 11.2. The molecule has 0 bridgehead atoms. The molecule has 1 unspecified atom stereocenters. The molecule has 1 amide bonds. The first-order valence-corrected chi connectivity index (χ1v) is 14.6. The summed E-state index contributed by atoms with van der Waals surface area (Å²) in [5, 5.41) is 3.39. The summed E-state index contributed by atoms with van der Waals surface area (Å²) in [7, 11) is 0. The van der Waals surface area contributed by atoms with Crippen molar-refractivity contribution in [2.45, 2.75) is 141 Å². The van der Waals surface area contributed by atoms with E-state index < -0.39 is 0 Å². The van der Waals surface area contributed by atoms with Crippen LogP contribution in [0.5, 0.6) is 0 Å². The summed E-state index contributed by atoms with van der Waals surface area (Å²) >= 11 is 0. The normalized spacial score (nSPS) is 23.4. The summed E-state index contributed by atoms with van der Waals surface area (Å²) in [6, 6.07) is 0. The number of esters is 1. The number of pyridine rings is 1. The van der Waals surface area contributed by atoms with Crippen LogP contribution in [0.15, 0.2) is 6.20 Å². The van der Waals surface area contributed by atoms with Crippen molar-refractivity contribution in [3.8, 4) is 0 Å². The summed E-state index contributed by atoms with van der Waals surface area (Å²) in [4.78, 5) is 30.0. The Kier molecular flexibility index (Phi) is 10.0. The maximum Gasteiger partial charge on any atom is 0.303 e. The number of hydrogen-bond donors (Lipinski definition) is 1. The Balaban J connectivity index is 1.60. The molecule has 2 fully saturated rings. The van der Waals surface area contributed by atoms with Gasteiger partial charge in [0, 0.05) is 12.8 Å². The monoisotopic (exact) mass is 482 g/mol. The van der Waals surface area contributed by atoms with E-state index in [1.54, 1.807) is 0 Å². The van der Waals surface area contributed by atoms with Gasteiger partial charge in [-0.1, -0.05) is 83.5 Å². The maximum absolute atomic E-state index is 13.5. The van der Waals surface area contributed by atoms with Crippen LogP contribution in [-0.2, 0) is 20.7 Å².